The minimum atomic E-state index is -0.0206. The Morgan fingerprint density at radius 3 is 2.63 bits per heavy atom. The molecule has 0 aliphatic heterocycles. The van der Waals surface area contributed by atoms with Crippen molar-refractivity contribution in [2.45, 2.75) is 51.6 Å². The Hall–Kier alpha value is -0.680. The molecule has 1 aromatic heterocycles. The van der Waals surface area contributed by atoms with E-state index < -0.39 is 0 Å². The molecule has 1 saturated carbocycles. The quantitative estimate of drug-likeness (QED) is 0.821. The summed E-state index contributed by atoms with van der Waals surface area (Å²) in [5.74, 6) is 2.30. The zero-order valence-electron chi connectivity index (χ0n) is 11.9. The van der Waals surface area contributed by atoms with Crippen molar-refractivity contribution in [3.05, 3.63) is 16.0 Å². The van der Waals surface area contributed by atoms with Crippen LogP contribution in [0.15, 0.2) is 4.47 Å². The molecule has 1 unspecified atom stereocenters. The van der Waals surface area contributed by atoms with Crippen LogP contribution in [0, 0.1) is 0 Å². The number of aromatic nitrogens is 2. The van der Waals surface area contributed by atoms with Crippen LogP contribution in [0.25, 0.3) is 0 Å². The zero-order chi connectivity index (χ0) is 13.8. The molecule has 4 nitrogen and oxygen atoms in total. The third-order valence-corrected chi connectivity index (χ3v) is 4.13. The Kier molecular flexibility index (Phi) is 5.16. The molecular formula is C14H22BrN3O. The summed E-state index contributed by atoms with van der Waals surface area (Å²) in [7, 11) is 1.72. The minimum Gasteiger partial charge on any atom is -0.373 e. The van der Waals surface area contributed by atoms with Crippen LogP contribution in [0.4, 0.5) is 5.82 Å². The largest absolute Gasteiger partial charge is 0.373 e. The van der Waals surface area contributed by atoms with E-state index >= 15 is 0 Å². The average Bonchev–Trinajstić information content (AvgIpc) is 3.24. The lowest BCUT2D eigenvalue weighted by molar-refractivity contribution is 0.0924. The molecule has 1 N–H and O–H groups in total. The van der Waals surface area contributed by atoms with Gasteiger partial charge in [-0.25, -0.2) is 9.97 Å². The molecule has 1 fully saturated rings. The van der Waals surface area contributed by atoms with Crippen molar-refractivity contribution in [1.29, 1.82) is 0 Å². The highest BCUT2D eigenvalue weighted by Crippen LogP contribution is 2.44. The third-order valence-electron chi connectivity index (χ3n) is 3.34. The van der Waals surface area contributed by atoms with E-state index in [2.05, 4.69) is 40.1 Å². The summed E-state index contributed by atoms with van der Waals surface area (Å²) in [6.45, 7) is 5.16. The molecule has 5 heteroatoms. The monoisotopic (exact) mass is 327 g/mol. The van der Waals surface area contributed by atoms with Crippen LogP contribution in [-0.4, -0.2) is 23.6 Å². The Morgan fingerprint density at radius 1 is 1.37 bits per heavy atom. The molecule has 0 radical (unpaired) electrons. The van der Waals surface area contributed by atoms with Crippen LogP contribution >= 0.6 is 15.9 Å². The van der Waals surface area contributed by atoms with Gasteiger partial charge in [-0.05, 0) is 41.6 Å². The number of halogens is 1. The van der Waals surface area contributed by atoms with Crippen molar-refractivity contribution >= 4 is 21.7 Å². The normalized spacial score (nSPS) is 16.4. The minimum absolute atomic E-state index is 0.0206. The van der Waals surface area contributed by atoms with E-state index in [1.807, 2.05) is 0 Å². The summed E-state index contributed by atoms with van der Waals surface area (Å²) >= 11 is 3.65. The first kappa shape index (κ1) is 14.7. The van der Waals surface area contributed by atoms with E-state index in [4.69, 9.17) is 9.72 Å². The highest BCUT2D eigenvalue weighted by atomic mass is 79.9. The lowest BCUT2D eigenvalue weighted by Gasteiger charge is -2.16. The molecule has 1 atom stereocenters. The molecule has 0 bridgehead atoms. The van der Waals surface area contributed by atoms with Crippen LogP contribution < -0.4 is 5.32 Å². The van der Waals surface area contributed by atoms with Crippen molar-refractivity contribution in [2.75, 3.05) is 19.0 Å². The van der Waals surface area contributed by atoms with E-state index in [-0.39, 0.29) is 6.10 Å². The lowest BCUT2D eigenvalue weighted by Crippen LogP contribution is -2.12. The van der Waals surface area contributed by atoms with E-state index in [0.29, 0.717) is 5.92 Å². The van der Waals surface area contributed by atoms with Crippen molar-refractivity contribution in [2.24, 2.45) is 0 Å². The first-order valence-corrected chi connectivity index (χ1v) is 7.84. The number of hydrogen-bond donors (Lipinski definition) is 1. The lowest BCUT2D eigenvalue weighted by atomic mass is 10.2. The molecule has 0 amide bonds. The maximum absolute atomic E-state index is 5.47. The highest BCUT2D eigenvalue weighted by Gasteiger charge is 2.30. The summed E-state index contributed by atoms with van der Waals surface area (Å²) in [5.41, 5.74) is 1.14. The van der Waals surface area contributed by atoms with E-state index in [0.717, 1.165) is 41.2 Å². The van der Waals surface area contributed by atoms with Gasteiger partial charge in [0.15, 0.2) is 5.82 Å². The van der Waals surface area contributed by atoms with E-state index in [9.17, 15) is 0 Å². The molecule has 2 rings (SSSR count). The number of nitrogens with one attached hydrogen (secondary N) is 1. The fourth-order valence-electron chi connectivity index (χ4n) is 2.07. The van der Waals surface area contributed by atoms with Gasteiger partial charge >= 0.3 is 0 Å². The molecule has 1 aliphatic carbocycles. The summed E-state index contributed by atoms with van der Waals surface area (Å²) in [6.07, 6.45) is 4.40. The molecule has 1 aliphatic rings. The van der Waals surface area contributed by atoms with E-state index in [1.54, 1.807) is 7.11 Å². The fourth-order valence-corrected chi connectivity index (χ4v) is 2.71. The predicted octanol–water partition coefficient (Wildman–Crippen LogP) is 4.04. The highest BCUT2D eigenvalue weighted by molar-refractivity contribution is 9.10. The van der Waals surface area contributed by atoms with Gasteiger partial charge in [-0.15, -0.1) is 0 Å². The Balaban J connectivity index is 2.35. The van der Waals surface area contributed by atoms with Gasteiger partial charge in [0, 0.05) is 19.6 Å². The number of methoxy groups -OCH3 is 1. The second-order valence-electron chi connectivity index (χ2n) is 4.96. The van der Waals surface area contributed by atoms with Gasteiger partial charge in [0.2, 0.25) is 0 Å². The molecule has 1 heterocycles. The summed E-state index contributed by atoms with van der Waals surface area (Å²) in [5, 5.41) is 3.38. The summed E-state index contributed by atoms with van der Waals surface area (Å²) in [6, 6.07) is 0. The predicted molar refractivity (Wildman–Crippen MR) is 80.5 cm³/mol. The van der Waals surface area contributed by atoms with Crippen molar-refractivity contribution in [3.8, 4) is 0 Å². The Bertz CT molecular complexity index is 431. The van der Waals surface area contributed by atoms with Crippen LogP contribution in [0.1, 0.15) is 63.1 Å². The van der Waals surface area contributed by atoms with E-state index in [1.165, 1.54) is 12.8 Å². The number of ether oxygens (including phenoxy) is 1. The zero-order valence-corrected chi connectivity index (χ0v) is 13.5. The maximum Gasteiger partial charge on any atom is 0.159 e. The van der Waals surface area contributed by atoms with Gasteiger partial charge < -0.3 is 10.1 Å². The van der Waals surface area contributed by atoms with Crippen molar-refractivity contribution < 1.29 is 4.74 Å². The van der Waals surface area contributed by atoms with Crippen LogP contribution in [0.3, 0.4) is 0 Å². The van der Waals surface area contributed by atoms with Crippen molar-refractivity contribution in [3.63, 3.8) is 0 Å². The van der Waals surface area contributed by atoms with Gasteiger partial charge in [0.25, 0.3) is 0 Å². The summed E-state index contributed by atoms with van der Waals surface area (Å²) in [4.78, 5) is 9.35. The number of rotatable bonds is 7. The number of hydrogen-bond acceptors (Lipinski definition) is 4. The summed E-state index contributed by atoms with van der Waals surface area (Å²) < 4.78 is 6.50. The Morgan fingerprint density at radius 2 is 2.11 bits per heavy atom. The van der Waals surface area contributed by atoms with Crippen LogP contribution in [-0.2, 0) is 4.74 Å². The second kappa shape index (κ2) is 6.66. The second-order valence-corrected chi connectivity index (χ2v) is 5.76. The Labute approximate surface area is 123 Å². The van der Waals surface area contributed by atoms with Crippen molar-refractivity contribution in [1.82, 2.24) is 9.97 Å². The molecule has 106 valence electrons. The third kappa shape index (κ3) is 3.45. The van der Waals surface area contributed by atoms with Crippen LogP contribution in [0.2, 0.25) is 0 Å². The van der Waals surface area contributed by atoms with Gasteiger partial charge in [0.1, 0.15) is 11.9 Å². The smallest absolute Gasteiger partial charge is 0.159 e. The van der Waals surface area contributed by atoms with Gasteiger partial charge in [-0.3, -0.25) is 0 Å². The SMILES string of the molecule is CCCNc1nc(C(CC)OC)nc(C2CC2)c1Br. The van der Waals surface area contributed by atoms with Gasteiger partial charge in [-0.1, -0.05) is 13.8 Å². The first-order valence-electron chi connectivity index (χ1n) is 7.05. The fraction of sp³-hybridized carbons (Fsp3) is 0.714. The standard InChI is InChI=1S/C14H22BrN3O/c1-4-8-16-14-11(15)12(9-6-7-9)17-13(18-14)10(5-2)19-3/h9-10H,4-8H2,1-3H3,(H,16,17,18). The first-order chi connectivity index (χ1) is 9.21. The molecule has 0 aromatic carbocycles. The topological polar surface area (TPSA) is 47.0 Å². The number of nitrogens with zero attached hydrogens (tertiary/aromatic N) is 2. The maximum atomic E-state index is 5.47. The van der Waals surface area contributed by atoms with Gasteiger partial charge in [-0.2, -0.15) is 0 Å². The van der Waals surface area contributed by atoms with Gasteiger partial charge in [0.05, 0.1) is 10.2 Å². The molecule has 0 saturated heterocycles. The molecule has 0 spiro atoms. The average molecular weight is 328 g/mol. The molecule has 1 aromatic rings. The van der Waals surface area contributed by atoms with Crippen LogP contribution in [0.5, 0.6) is 0 Å². The molecular weight excluding hydrogens is 306 g/mol. The number of anilines is 1. The molecule has 19 heavy (non-hydrogen) atoms.